The van der Waals surface area contributed by atoms with Crippen molar-refractivity contribution >= 4 is 38.9 Å². The van der Waals surface area contributed by atoms with Crippen molar-refractivity contribution < 1.29 is 0 Å². The van der Waals surface area contributed by atoms with E-state index in [0.717, 1.165) is 28.3 Å². The lowest BCUT2D eigenvalue weighted by molar-refractivity contribution is 1.18. The number of fused-ring (bicyclic) bond motifs is 3. The van der Waals surface area contributed by atoms with Gasteiger partial charge in [0, 0.05) is 33.9 Å². The zero-order chi connectivity index (χ0) is 33.3. The number of hydrogen-bond donors (Lipinski definition) is 0. The molecular weight excluding hydrogens is 605 g/mol. The molecule has 0 aliphatic rings. The number of hydrogen-bond acceptors (Lipinski definition) is 1. The van der Waals surface area contributed by atoms with E-state index in [1.807, 2.05) is 12.1 Å². The molecule has 50 heavy (non-hydrogen) atoms. The van der Waals surface area contributed by atoms with Crippen LogP contribution < -0.4 is 4.90 Å². The molecule has 2 heteroatoms. The van der Waals surface area contributed by atoms with Crippen molar-refractivity contribution in [2.75, 3.05) is 4.90 Å². The van der Waals surface area contributed by atoms with Gasteiger partial charge in [0.1, 0.15) is 0 Å². The molecule has 0 radical (unpaired) electrons. The normalized spacial score (nSPS) is 11.0. The van der Waals surface area contributed by atoms with Crippen LogP contribution in [0.3, 0.4) is 0 Å². The summed E-state index contributed by atoms with van der Waals surface area (Å²) in [5.74, 6) is 0. The molecule has 0 fully saturated rings. The summed E-state index contributed by atoms with van der Waals surface area (Å²) in [5.41, 5.74) is 13.9. The van der Waals surface area contributed by atoms with E-state index in [-0.39, 0.29) is 0 Å². The van der Waals surface area contributed by atoms with Crippen molar-refractivity contribution in [3.8, 4) is 39.1 Å². The quantitative estimate of drug-likeness (QED) is 0.169. The van der Waals surface area contributed by atoms with Gasteiger partial charge in [-0.3, -0.25) is 0 Å². The van der Waals surface area contributed by atoms with Crippen molar-refractivity contribution in [2.45, 2.75) is 0 Å². The van der Waals surface area contributed by atoms with Gasteiger partial charge in [0.15, 0.2) is 0 Å². The van der Waals surface area contributed by atoms with Gasteiger partial charge in [0.05, 0.1) is 16.7 Å². The minimum absolute atomic E-state index is 1.04. The molecule has 0 bridgehead atoms. The van der Waals surface area contributed by atoms with Gasteiger partial charge >= 0.3 is 0 Å². The van der Waals surface area contributed by atoms with Crippen LogP contribution in [0, 0.1) is 12.1 Å². The zero-order valence-electron chi connectivity index (χ0n) is 27.4. The number of benzene rings is 7. The maximum absolute atomic E-state index is 3.15. The predicted molar refractivity (Wildman–Crippen MR) is 209 cm³/mol. The van der Waals surface area contributed by atoms with E-state index in [1.54, 1.807) is 0 Å². The fraction of sp³-hybridized carbons (Fsp3) is 0. The number of rotatable bonds is 7. The van der Waals surface area contributed by atoms with Crippen LogP contribution in [-0.2, 0) is 0 Å². The van der Waals surface area contributed by atoms with E-state index in [2.05, 4.69) is 204 Å². The van der Waals surface area contributed by atoms with Crippen LogP contribution in [0.4, 0.5) is 17.1 Å². The summed E-state index contributed by atoms with van der Waals surface area (Å²) in [6, 6.07) is 75.3. The van der Waals surface area contributed by atoms with E-state index in [4.69, 9.17) is 0 Å². The highest BCUT2D eigenvalue weighted by molar-refractivity contribution is 6.11. The Hall–Kier alpha value is -6.82. The number of anilines is 3. The monoisotopic (exact) mass is 636 g/mol. The maximum Gasteiger partial charge on any atom is 0.0561 e. The fourth-order valence-corrected chi connectivity index (χ4v) is 7.03. The molecule has 9 aromatic rings. The molecule has 0 amide bonds. The van der Waals surface area contributed by atoms with E-state index in [0.29, 0.717) is 0 Å². The highest BCUT2D eigenvalue weighted by atomic mass is 15.1. The highest BCUT2D eigenvalue weighted by Gasteiger charge is 2.18. The summed E-state index contributed by atoms with van der Waals surface area (Å²) >= 11 is 0. The lowest BCUT2D eigenvalue weighted by atomic mass is 9.97. The third-order valence-corrected chi connectivity index (χ3v) is 9.48. The van der Waals surface area contributed by atoms with Crippen LogP contribution in [0.2, 0.25) is 0 Å². The number of aromatic nitrogens is 1. The van der Waals surface area contributed by atoms with E-state index < -0.39 is 0 Å². The van der Waals surface area contributed by atoms with Gasteiger partial charge in [-0.05, 0) is 94.0 Å². The molecular formula is C48H32N2. The summed E-state index contributed by atoms with van der Waals surface area (Å²) in [6.45, 7) is 0. The minimum Gasteiger partial charge on any atom is -0.310 e. The predicted octanol–water partition coefficient (Wildman–Crippen LogP) is 12.9. The van der Waals surface area contributed by atoms with Gasteiger partial charge in [-0.1, -0.05) is 140 Å². The van der Waals surface area contributed by atoms with Crippen LogP contribution in [0.15, 0.2) is 194 Å². The zero-order valence-corrected chi connectivity index (χ0v) is 27.4. The maximum atomic E-state index is 3.15. The average Bonchev–Trinajstić information content (AvgIpc) is 3.53. The Labute approximate surface area is 292 Å². The molecule has 0 saturated carbocycles. The fourth-order valence-electron chi connectivity index (χ4n) is 7.03. The summed E-state index contributed by atoms with van der Waals surface area (Å²) < 4.78 is 2.38. The molecule has 8 aromatic carbocycles. The van der Waals surface area contributed by atoms with Crippen molar-refractivity contribution in [2.24, 2.45) is 0 Å². The molecule has 0 atom stereocenters. The van der Waals surface area contributed by atoms with Crippen molar-refractivity contribution in [3.63, 3.8) is 0 Å². The summed E-state index contributed by atoms with van der Waals surface area (Å²) in [5, 5.41) is 2.44. The van der Waals surface area contributed by atoms with Crippen molar-refractivity contribution in [1.29, 1.82) is 0 Å². The second kappa shape index (κ2) is 12.7. The lowest BCUT2D eigenvalue weighted by Crippen LogP contribution is -2.09. The van der Waals surface area contributed by atoms with Crippen LogP contribution >= 0.6 is 0 Å². The van der Waals surface area contributed by atoms with E-state index >= 15 is 0 Å². The van der Waals surface area contributed by atoms with Gasteiger partial charge in [0.2, 0.25) is 0 Å². The Bertz CT molecular complexity index is 2500. The topological polar surface area (TPSA) is 8.17 Å². The number of nitrogens with zero attached hydrogens (tertiary/aromatic N) is 2. The first-order valence-corrected chi connectivity index (χ1v) is 16.9. The standard InChI is InChI=1S/C48H32N2/c1-5-13-35(14-6-1)36-21-23-37(24-22-36)38-25-27-39(28-26-38)40-29-32-47-46(33-40)45-31-30-44(34-48(45)50(47)43-19-11-4-12-20-43)49(41-15-7-2-8-16-41)42-17-9-3-10-18-42/h1-2,4-9,11-34H. The third-order valence-electron chi connectivity index (χ3n) is 9.48. The Morgan fingerprint density at radius 2 is 0.920 bits per heavy atom. The molecule has 0 aliphatic heterocycles. The Kier molecular flexibility index (Phi) is 7.42. The van der Waals surface area contributed by atoms with Gasteiger partial charge < -0.3 is 9.47 Å². The van der Waals surface area contributed by atoms with Crippen LogP contribution in [0.1, 0.15) is 0 Å². The van der Waals surface area contributed by atoms with Crippen molar-refractivity contribution in [1.82, 2.24) is 4.57 Å². The lowest BCUT2D eigenvalue weighted by Gasteiger charge is -2.25. The largest absolute Gasteiger partial charge is 0.310 e. The van der Waals surface area contributed by atoms with Crippen LogP contribution in [0.5, 0.6) is 0 Å². The molecule has 1 heterocycles. The third kappa shape index (κ3) is 5.38. The summed E-state index contributed by atoms with van der Waals surface area (Å²) in [6.07, 6.45) is 0. The van der Waals surface area contributed by atoms with Gasteiger partial charge in [-0.2, -0.15) is 0 Å². The first kappa shape index (κ1) is 29.3. The SMILES string of the molecule is c1ccc(N(c2ccccc2)c2ccc3c4cc(-c5ccc(-c6ccc(-c7ccccc7)cc6)cc5)ccc4n(-c4ccccc4)c3c2)cc#1. The highest BCUT2D eigenvalue weighted by Crippen LogP contribution is 2.40. The summed E-state index contributed by atoms with van der Waals surface area (Å²) in [4.78, 5) is 2.28. The van der Waals surface area contributed by atoms with Crippen molar-refractivity contribution in [3.05, 3.63) is 206 Å². The first-order chi connectivity index (χ1) is 24.8. The minimum atomic E-state index is 1.04. The molecule has 0 N–H and O–H groups in total. The van der Waals surface area contributed by atoms with E-state index in [9.17, 15) is 0 Å². The summed E-state index contributed by atoms with van der Waals surface area (Å²) in [7, 11) is 0. The van der Waals surface area contributed by atoms with Gasteiger partial charge in [0.25, 0.3) is 0 Å². The average molecular weight is 637 g/mol. The smallest absolute Gasteiger partial charge is 0.0561 e. The molecule has 2 nitrogen and oxygen atoms in total. The van der Waals surface area contributed by atoms with Crippen LogP contribution in [-0.4, -0.2) is 4.57 Å². The second-order valence-electron chi connectivity index (χ2n) is 12.5. The Morgan fingerprint density at radius 3 is 1.54 bits per heavy atom. The number of para-hydroxylation sites is 2. The van der Waals surface area contributed by atoms with Crippen LogP contribution in [0.25, 0.3) is 60.9 Å². The second-order valence-corrected chi connectivity index (χ2v) is 12.5. The molecule has 0 saturated heterocycles. The molecule has 0 spiro atoms. The first-order valence-electron chi connectivity index (χ1n) is 16.9. The Morgan fingerprint density at radius 1 is 0.360 bits per heavy atom. The molecule has 0 unspecified atom stereocenters. The molecule has 1 aromatic heterocycles. The Balaban J connectivity index is 1.13. The molecule has 0 aliphatic carbocycles. The van der Waals surface area contributed by atoms with E-state index in [1.165, 1.54) is 49.7 Å². The van der Waals surface area contributed by atoms with Gasteiger partial charge in [-0.25, -0.2) is 0 Å². The molecule has 9 rings (SSSR count). The van der Waals surface area contributed by atoms with Gasteiger partial charge in [-0.15, -0.1) is 0 Å². The molecule has 234 valence electrons.